The number of ether oxygens (including phenoxy) is 1. The van der Waals surface area contributed by atoms with Crippen molar-refractivity contribution in [1.82, 2.24) is 4.90 Å². The lowest BCUT2D eigenvalue weighted by molar-refractivity contribution is 0.0758. The van der Waals surface area contributed by atoms with Gasteiger partial charge in [0.1, 0.15) is 18.5 Å². The van der Waals surface area contributed by atoms with Crippen molar-refractivity contribution in [2.24, 2.45) is 0 Å². The molecule has 1 fully saturated rings. The first-order valence-corrected chi connectivity index (χ1v) is 6.75. The number of hydrogen-bond acceptors (Lipinski definition) is 3. The number of nitrogens with zero attached hydrogens (tertiary/aromatic N) is 1. The number of β-amino-alcohol motifs (C(OH)–C–C–N with tert-alkyl or cyclic N) is 1. The zero-order valence-electron chi connectivity index (χ0n) is 11.4. The molecule has 0 saturated carbocycles. The first kappa shape index (κ1) is 13.4. The van der Waals surface area contributed by atoms with E-state index in [0.29, 0.717) is 6.61 Å². The Morgan fingerprint density at radius 3 is 2.61 bits per heavy atom. The van der Waals surface area contributed by atoms with E-state index >= 15 is 0 Å². The predicted molar refractivity (Wildman–Crippen MR) is 73.1 cm³/mol. The Bertz CT molecular complexity index is 386. The molecular weight excluding hydrogens is 226 g/mol. The third-order valence-corrected chi connectivity index (χ3v) is 3.59. The van der Waals surface area contributed by atoms with Gasteiger partial charge in [-0.3, -0.25) is 0 Å². The molecule has 0 aliphatic carbocycles. The summed E-state index contributed by atoms with van der Waals surface area (Å²) < 4.78 is 5.64. The van der Waals surface area contributed by atoms with Gasteiger partial charge in [-0.15, -0.1) is 0 Å². The molecule has 1 aromatic carbocycles. The van der Waals surface area contributed by atoms with E-state index in [4.69, 9.17) is 4.74 Å². The highest BCUT2D eigenvalue weighted by Gasteiger charge is 2.16. The monoisotopic (exact) mass is 249 g/mol. The highest BCUT2D eigenvalue weighted by molar-refractivity contribution is 5.33. The molecule has 0 spiro atoms. The number of benzene rings is 1. The van der Waals surface area contributed by atoms with Gasteiger partial charge in [0.05, 0.1) is 0 Å². The third-order valence-electron chi connectivity index (χ3n) is 3.59. The minimum Gasteiger partial charge on any atom is -0.491 e. The molecule has 0 bridgehead atoms. The van der Waals surface area contributed by atoms with Crippen LogP contribution in [0.15, 0.2) is 18.2 Å². The fourth-order valence-corrected chi connectivity index (χ4v) is 2.31. The van der Waals surface area contributed by atoms with Crippen LogP contribution in [0.5, 0.6) is 5.75 Å². The summed E-state index contributed by atoms with van der Waals surface area (Å²) in [5, 5.41) is 9.93. The second kappa shape index (κ2) is 6.21. The SMILES string of the molecule is Cc1ccc(OCC(O)CN2CCCC2)cc1C. The van der Waals surface area contributed by atoms with Crippen LogP contribution in [0.2, 0.25) is 0 Å². The van der Waals surface area contributed by atoms with Crippen LogP contribution < -0.4 is 4.74 Å². The average molecular weight is 249 g/mol. The molecule has 100 valence electrons. The van der Waals surface area contributed by atoms with Crippen LogP contribution in [-0.4, -0.2) is 42.4 Å². The minimum absolute atomic E-state index is 0.374. The Kier molecular flexibility index (Phi) is 4.61. The molecule has 1 saturated heterocycles. The minimum atomic E-state index is -0.398. The smallest absolute Gasteiger partial charge is 0.119 e. The average Bonchev–Trinajstić information content (AvgIpc) is 2.83. The highest BCUT2D eigenvalue weighted by Crippen LogP contribution is 2.16. The first-order chi connectivity index (χ1) is 8.65. The van der Waals surface area contributed by atoms with Gasteiger partial charge in [0.25, 0.3) is 0 Å². The van der Waals surface area contributed by atoms with Crippen LogP contribution in [0, 0.1) is 13.8 Å². The summed E-state index contributed by atoms with van der Waals surface area (Å²) >= 11 is 0. The van der Waals surface area contributed by atoms with Crippen molar-refractivity contribution in [3.8, 4) is 5.75 Å². The third kappa shape index (κ3) is 3.72. The fraction of sp³-hybridized carbons (Fsp3) is 0.600. The molecule has 3 heteroatoms. The van der Waals surface area contributed by atoms with Gasteiger partial charge in [-0.1, -0.05) is 6.07 Å². The molecule has 1 aromatic rings. The molecule has 3 nitrogen and oxygen atoms in total. The van der Waals surface area contributed by atoms with Gasteiger partial charge < -0.3 is 14.7 Å². The standard InChI is InChI=1S/C15H23NO2/c1-12-5-6-15(9-13(12)2)18-11-14(17)10-16-7-3-4-8-16/h5-6,9,14,17H,3-4,7-8,10-11H2,1-2H3. The maximum Gasteiger partial charge on any atom is 0.119 e. The Balaban J connectivity index is 1.77. The summed E-state index contributed by atoms with van der Waals surface area (Å²) in [5.74, 6) is 0.846. The Morgan fingerprint density at radius 1 is 1.22 bits per heavy atom. The number of aliphatic hydroxyl groups is 1. The molecule has 1 heterocycles. The van der Waals surface area contributed by atoms with Crippen molar-refractivity contribution < 1.29 is 9.84 Å². The van der Waals surface area contributed by atoms with Crippen molar-refractivity contribution in [3.05, 3.63) is 29.3 Å². The molecule has 1 unspecified atom stereocenters. The molecule has 0 amide bonds. The topological polar surface area (TPSA) is 32.7 Å². The van der Waals surface area contributed by atoms with Gasteiger partial charge in [0, 0.05) is 6.54 Å². The summed E-state index contributed by atoms with van der Waals surface area (Å²) in [6, 6.07) is 6.04. The van der Waals surface area contributed by atoms with Crippen LogP contribution >= 0.6 is 0 Å². The van der Waals surface area contributed by atoms with Crippen molar-refractivity contribution in [2.75, 3.05) is 26.2 Å². The Hall–Kier alpha value is -1.06. The molecule has 1 N–H and O–H groups in total. The van der Waals surface area contributed by atoms with Crippen molar-refractivity contribution in [3.63, 3.8) is 0 Å². The second-order valence-corrected chi connectivity index (χ2v) is 5.22. The Morgan fingerprint density at radius 2 is 1.94 bits per heavy atom. The van der Waals surface area contributed by atoms with E-state index in [2.05, 4.69) is 24.8 Å². The van der Waals surface area contributed by atoms with Crippen molar-refractivity contribution in [1.29, 1.82) is 0 Å². The van der Waals surface area contributed by atoms with E-state index in [0.717, 1.165) is 25.4 Å². The lowest BCUT2D eigenvalue weighted by Crippen LogP contribution is -2.33. The van der Waals surface area contributed by atoms with Crippen LogP contribution in [0.1, 0.15) is 24.0 Å². The summed E-state index contributed by atoms with van der Waals surface area (Å²) in [6.45, 7) is 7.48. The van der Waals surface area contributed by atoms with Crippen molar-refractivity contribution in [2.45, 2.75) is 32.8 Å². The summed E-state index contributed by atoms with van der Waals surface area (Å²) in [5.41, 5.74) is 2.49. The number of aryl methyl sites for hydroxylation is 2. The first-order valence-electron chi connectivity index (χ1n) is 6.75. The largest absolute Gasteiger partial charge is 0.491 e. The van der Waals surface area contributed by atoms with Gasteiger partial charge in [-0.25, -0.2) is 0 Å². The van der Waals surface area contributed by atoms with E-state index in [1.165, 1.54) is 24.0 Å². The second-order valence-electron chi connectivity index (χ2n) is 5.22. The van der Waals surface area contributed by atoms with E-state index in [9.17, 15) is 5.11 Å². The zero-order valence-corrected chi connectivity index (χ0v) is 11.4. The lowest BCUT2D eigenvalue weighted by Gasteiger charge is -2.19. The molecule has 1 aliphatic heterocycles. The number of hydrogen-bond donors (Lipinski definition) is 1. The summed E-state index contributed by atoms with van der Waals surface area (Å²) in [7, 11) is 0. The maximum atomic E-state index is 9.93. The molecule has 0 radical (unpaired) electrons. The normalized spacial score (nSPS) is 17.9. The lowest BCUT2D eigenvalue weighted by atomic mass is 10.1. The zero-order chi connectivity index (χ0) is 13.0. The maximum absolute atomic E-state index is 9.93. The number of aliphatic hydroxyl groups excluding tert-OH is 1. The summed E-state index contributed by atoms with van der Waals surface area (Å²) in [6.07, 6.45) is 2.11. The molecule has 1 atom stereocenters. The van der Waals surface area contributed by atoms with Gasteiger partial charge in [-0.05, 0) is 63.0 Å². The summed E-state index contributed by atoms with van der Waals surface area (Å²) in [4.78, 5) is 2.30. The number of rotatable bonds is 5. The van der Waals surface area contributed by atoms with E-state index < -0.39 is 6.10 Å². The van der Waals surface area contributed by atoms with Gasteiger partial charge in [0.15, 0.2) is 0 Å². The van der Waals surface area contributed by atoms with Gasteiger partial charge in [0.2, 0.25) is 0 Å². The van der Waals surface area contributed by atoms with E-state index in [-0.39, 0.29) is 0 Å². The van der Waals surface area contributed by atoms with Crippen LogP contribution in [0.25, 0.3) is 0 Å². The quantitative estimate of drug-likeness (QED) is 0.868. The molecule has 1 aliphatic rings. The molecule has 0 aromatic heterocycles. The van der Waals surface area contributed by atoms with Crippen LogP contribution in [0.4, 0.5) is 0 Å². The Labute approximate surface area is 109 Å². The molecule has 18 heavy (non-hydrogen) atoms. The van der Waals surface area contributed by atoms with Gasteiger partial charge >= 0.3 is 0 Å². The molecular formula is C15H23NO2. The van der Waals surface area contributed by atoms with Gasteiger partial charge in [-0.2, -0.15) is 0 Å². The van der Waals surface area contributed by atoms with Crippen molar-refractivity contribution >= 4 is 0 Å². The van der Waals surface area contributed by atoms with Crippen LogP contribution in [-0.2, 0) is 0 Å². The highest BCUT2D eigenvalue weighted by atomic mass is 16.5. The van der Waals surface area contributed by atoms with Crippen LogP contribution in [0.3, 0.4) is 0 Å². The van der Waals surface area contributed by atoms with E-state index in [1.54, 1.807) is 0 Å². The van der Waals surface area contributed by atoms with E-state index in [1.807, 2.05) is 12.1 Å². The number of likely N-dealkylation sites (tertiary alicyclic amines) is 1. The fourth-order valence-electron chi connectivity index (χ4n) is 2.31. The molecule has 2 rings (SSSR count). The predicted octanol–water partition coefficient (Wildman–Crippen LogP) is 2.14.